The summed E-state index contributed by atoms with van der Waals surface area (Å²) in [5.74, 6) is 1.64. The van der Waals surface area contributed by atoms with Gasteiger partial charge in [-0.2, -0.15) is 9.97 Å². The van der Waals surface area contributed by atoms with Gasteiger partial charge >= 0.3 is 0 Å². The minimum absolute atomic E-state index is 0.0445. The van der Waals surface area contributed by atoms with E-state index in [0.717, 1.165) is 24.6 Å². The molecule has 1 saturated heterocycles. The van der Waals surface area contributed by atoms with Crippen LogP contribution < -0.4 is 20.7 Å². The fraction of sp³-hybridized carbons (Fsp3) is 0.556. The van der Waals surface area contributed by atoms with E-state index in [0.29, 0.717) is 11.9 Å². The van der Waals surface area contributed by atoms with Crippen molar-refractivity contribution in [2.24, 2.45) is 0 Å². The monoisotopic (exact) mass is 220 g/mol. The largest absolute Gasteiger partial charge is 0.438 e. The summed E-state index contributed by atoms with van der Waals surface area (Å²) >= 11 is 0. The highest BCUT2D eigenvalue weighted by atomic mass is 16.5. The fourth-order valence-corrected chi connectivity index (χ4v) is 2.71. The maximum absolute atomic E-state index is 5.80. The van der Waals surface area contributed by atoms with Crippen molar-refractivity contribution in [3.63, 3.8) is 0 Å². The SMILES string of the molecule is CN1C[C@H]2CNc3nc(N)nc4c3N2[C@H]1O4. The van der Waals surface area contributed by atoms with E-state index >= 15 is 0 Å². The van der Waals surface area contributed by atoms with Crippen molar-refractivity contribution in [1.82, 2.24) is 14.9 Å². The summed E-state index contributed by atoms with van der Waals surface area (Å²) in [4.78, 5) is 12.7. The Morgan fingerprint density at radius 2 is 2.38 bits per heavy atom. The molecule has 0 saturated carbocycles. The van der Waals surface area contributed by atoms with Crippen molar-refractivity contribution in [1.29, 1.82) is 0 Å². The van der Waals surface area contributed by atoms with E-state index in [4.69, 9.17) is 10.5 Å². The van der Waals surface area contributed by atoms with Crippen molar-refractivity contribution in [2.45, 2.75) is 12.4 Å². The molecule has 0 unspecified atom stereocenters. The van der Waals surface area contributed by atoms with Crippen LogP contribution in [0.3, 0.4) is 0 Å². The fourth-order valence-electron chi connectivity index (χ4n) is 2.71. The van der Waals surface area contributed by atoms with Gasteiger partial charge in [-0.25, -0.2) is 0 Å². The zero-order valence-electron chi connectivity index (χ0n) is 8.84. The molecular weight excluding hydrogens is 208 g/mol. The molecule has 7 nitrogen and oxygen atoms in total. The van der Waals surface area contributed by atoms with Crippen LogP contribution in [0.15, 0.2) is 0 Å². The van der Waals surface area contributed by atoms with Gasteiger partial charge in [0.15, 0.2) is 5.82 Å². The van der Waals surface area contributed by atoms with Gasteiger partial charge in [0.25, 0.3) is 0 Å². The summed E-state index contributed by atoms with van der Waals surface area (Å²) in [5.41, 5.74) is 6.59. The first kappa shape index (κ1) is 8.40. The maximum Gasteiger partial charge on any atom is 0.247 e. The van der Waals surface area contributed by atoms with E-state index in [1.54, 1.807) is 0 Å². The predicted octanol–water partition coefficient (Wildman–Crippen LogP) is -0.719. The van der Waals surface area contributed by atoms with Crippen molar-refractivity contribution in [3.05, 3.63) is 0 Å². The van der Waals surface area contributed by atoms with Crippen LogP contribution in [0.25, 0.3) is 0 Å². The normalized spacial score (nSPS) is 29.9. The van der Waals surface area contributed by atoms with Crippen LogP contribution in [-0.4, -0.2) is 47.4 Å². The Balaban J connectivity index is 1.94. The summed E-state index contributed by atoms with van der Waals surface area (Å²) in [6.45, 7) is 1.86. The molecule has 16 heavy (non-hydrogen) atoms. The first-order valence-corrected chi connectivity index (χ1v) is 5.30. The second-order valence-corrected chi connectivity index (χ2v) is 4.41. The van der Waals surface area contributed by atoms with Crippen molar-refractivity contribution in [2.75, 3.05) is 36.1 Å². The lowest BCUT2D eigenvalue weighted by atomic mass is 10.2. The molecule has 0 amide bonds. The Bertz CT molecular complexity index is 477. The maximum atomic E-state index is 5.80. The number of nitrogens with two attached hydrogens (primary N) is 1. The molecule has 0 radical (unpaired) electrons. The lowest BCUT2D eigenvalue weighted by Gasteiger charge is -2.29. The standard InChI is InChI=1S/C9H12N6O/c1-14-3-4-2-11-6-5-7(13-8(10)12-6)16-9(14)15(4)5/h4,9H,2-3H2,1H3,(H3,10,11,12,13)/t4-,9+/m1/s1. The molecule has 2 atom stereocenters. The zero-order chi connectivity index (χ0) is 10.9. The van der Waals surface area contributed by atoms with E-state index < -0.39 is 0 Å². The second-order valence-electron chi connectivity index (χ2n) is 4.41. The van der Waals surface area contributed by atoms with E-state index in [2.05, 4.69) is 25.1 Å². The molecule has 1 fully saturated rings. The Kier molecular flexibility index (Phi) is 1.31. The zero-order valence-corrected chi connectivity index (χ0v) is 8.84. The molecule has 4 rings (SSSR count). The number of aromatic nitrogens is 2. The van der Waals surface area contributed by atoms with Crippen LogP contribution in [0.4, 0.5) is 17.5 Å². The highest BCUT2D eigenvalue weighted by Crippen LogP contribution is 2.47. The average molecular weight is 220 g/mol. The molecule has 1 aromatic rings. The molecule has 3 aliphatic rings. The number of anilines is 3. The van der Waals surface area contributed by atoms with E-state index in [9.17, 15) is 0 Å². The topological polar surface area (TPSA) is 79.5 Å². The lowest BCUT2D eigenvalue weighted by Crippen LogP contribution is -2.44. The third-order valence-corrected chi connectivity index (χ3v) is 3.36. The van der Waals surface area contributed by atoms with Crippen molar-refractivity contribution >= 4 is 17.5 Å². The molecule has 84 valence electrons. The summed E-state index contributed by atoms with van der Waals surface area (Å²) in [6, 6.07) is 0.427. The molecule has 1 aromatic heterocycles. The van der Waals surface area contributed by atoms with Crippen LogP contribution in [-0.2, 0) is 0 Å². The summed E-state index contributed by atoms with van der Waals surface area (Å²) in [6.07, 6.45) is -0.0445. The lowest BCUT2D eigenvalue weighted by molar-refractivity contribution is 0.0957. The van der Waals surface area contributed by atoms with Crippen LogP contribution in [0.5, 0.6) is 5.88 Å². The Morgan fingerprint density at radius 3 is 3.25 bits per heavy atom. The van der Waals surface area contributed by atoms with Crippen LogP contribution in [0, 0.1) is 0 Å². The number of likely N-dealkylation sites (N-methyl/N-ethyl adjacent to an activating group) is 1. The highest BCUT2D eigenvalue weighted by Gasteiger charge is 2.49. The third kappa shape index (κ3) is 0.827. The minimum atomic E-state index is -0.0445. The number of nitrogens with one attached hydrogen (secondary N) is 1. The molecule has 3 aliphatic heterocycles. The molecule has 4 heterocycles. The number of hydrogen-bond acceptors (Lipinski definition) is 7. The molecular formula is C9H12N6O. The van der Waals surface area contributed by atoms with Gasteiger partial charge in [-0.3, -0.25) is 4.90 Å². The Hall–Kier alpha value is -1.76. The average Bonchev–Trinajstić information content (AvgIpc) is 2.75. The number of rotatable bonds is 0. The molecule has 0 aromatic carbocycles. The second kappa shape index (κ2) is 2.49. The van der Waals surface area contributed by atoms with Crippen molar-refractivity contribution < 1.29 is 4.74 Å². The summed E-state index contributed by atoms with van der Waals surface area (Å²) < 4.78 is 5.80. The summed E-state index contributed by atoms with van der Waals surface area (Å²) in [7, 11) is 2.05. The van der Waals surface area contributed by atoms with Gasteiger partial charge in [-0.05, 0) is 7.05 Å². The Morgan fingerprint density at radius 1 is 1.50 bits per heavy atom. The first-order valence-electron chi connectivity index (χ1n) is 5.30. The Labute approximate surface area is 92.2 Å². The van der Waals surface area contributed by atoms with Gasteiger partial charge in [0.05, 0.1) is 6.04 Å². The van der Waals surface area contributed by atoms with E-state index in [1.807, 2.05) is 7.05 Å². The van der Waals surface area contributed by atoms with Gasteiger partial charge < -0.3 is 20.7 Å². The number of hydrogen-bond donors (Lipinski definition) is 2. The number of nitrogen functional groups attached to an aromatic ring is 1. The number of ether oxygens (including phenoxy) is 1. The quantitative estimate of drug-likeness (QED) is 0.597. The molecule has 0 aliphatic carbocycles. The van der Waals surface area contributed by atoms with E-state index in [1.165, 1.54) is 0 Å². The molecule has 3 N–H and O–H groups in total. The van der Waals surface area contributed by atoms with Gasteiger partial charge in [-0.15, -0.1) is 0 Å². The highest BCUT2D eigenvalue weighted by molar-refractivity contribution is 5.78. The van der Waals surface area contributed by atoms with E-state index in [-0.39, 0.29) is 12.3 Å². The van der Waals surface area contributed by atoms with Crippen LogP contribution in [0.1, 0.15) is 0 Å². The van der Waals surface area contributed by atoms with Gasteiger partial charge in [0, 0.05) is 13.1 Å². The number of nitrogens with zero attached hydrogens (tertiary/aromatic N) is 4. The third-order valence-electron chi connectivity index (χ3n) is 3.36. The smallest absolute Gasteiger partial charge is 0.247 e. The molecule has 0 bridgehead atoms. The minimum Gasteiger partial charge on any atom is -0.438 e. The van der Waals surface area contributed by atoms with Gasteiger partial charge in [-0.1, -0.05) is 0 Å². The van der Waals surface area contributed by atoms with Crippen molar-refractivity contribution in [3.8, 4) is 5.88 Å². The molecule has 7 heteroatoms. The van der Waals surface area contributed by atoms with Gasteiger partial charge in [0.1, 0.15) is 5.69 Å². The summed E-state index contributed by atoms with van der Waals surface area (Å²) in [5, 5.41) is 3.28. The van der Waals surface area contributed by atoms with Crippen LogP contribution in [0.2, 0.25) is 0 Å². The van der Waals surface area contributed by atoms with Gasteiger partial charge in [0.2, 0.25) is 18.2 Å². The van der Waals surface area contributed by atoms with Crippen LogP contribution >= 0.6 is 0 Å². The molecule has 0 spiro atoms. The first-order chi connectivity index (χ1) is 7.74. The predicted molar refractivity (Wildman–Crippen MR) is 58.2 cm³/mol.